The van der Waals surface area contributed by atoms with E-state index in [1.807, 2.05) is 0 Å². The predicted molar refractivity (Wildman–Crippen MR) is 63.2 cm³/mol. The molecule has 0 unspecified atom stereocenters. The summed E-state index contributed by atoms with van der Waals surface area (Å²) in [6.07, 6.45) is 0. The van der Waals surface area contributed by atoms with Crippen molar-refractivity contribution in [3.63, 3.8) is 0 Å². The number of hydrogen-bond donors (Lipinski definition) is 4. The first-order chi connectivity index (χ1) is 7.75. The van der Waals surface area contributed by atoms with Crippen molar-refractivity contribution in [1.29, 1.82) is 0 Å². The number of carbonyl (C=O) groups excluding carboxylic acids is 2. The van der Waals surface area contributed by atoms with Crippen LogP contribution in [0.1, 0.15) is 27.7 Å². The van der Waals surface area contributed by atoms with E-state index < -0.39 is 29.3 Å². The third kappa shape index (κ3) is 4.70. The van der Waals surface area contributed by atoms with Gasteiger partial charge in [-0.05, 0) is 27.7 Å². The van der Waals surface area contributed by atoms with Crippen molar-refractivity contribution in [3.05, 3.63) is 0 Å². The third-order valence-electron chi connectivity index (χ3n) is 2.44. The summed E-state index contributed by atoms with van der Waals surface area (Å²) in [5, 5.41) is 22.7. The second-order valence-electron chi connectivity index (χ2n) is 4.74. The molecule has 6 heteroatoms. The molecule has 2 atom stereocenters. The maximum atomic E-state index is 11.8. The molecule has 0 heterocycles. The van der Waals surface area contributed by atoms with Crippen LogP contribution in [0.2, 0.25) is 0 Å². The van der Waals surface area contributed by atoms with Gasteiger partial charge in [-0.2, -0.15) is 0 Å². The fraction of sp³-hybridized carbons (Fsp3) is 0.818. The van der Waals surface area contributed by atoms with Gasteiger partial charge in [-0.3, -0.25) is 9.59 Å². The van der Waals surface area contributed by atoms with Gasteiger partial charge < -0.3 is 20.8 Å². The Hall–Kier alpha value is -1.14. The number of rotatable bonds is 6. The monoisotopic (exact) mass is 246 g/mol. The van der Waals surface area contributed by atoms with Crippen LogP contribution in [-0.2, 0) is 9.59 Å². The van der Waals surface area contributed by atoms with Crippen LogP contribution in [0.4, 0.5) is 0 Å². The first kappa shape index (κ1) is 15.9. The van der Waals surface area contributed by atoms with E-state index in [9.17, 15) is 9.59 Å². The summed E-state index contributed by atoms with van der Waals surface area (Å²) in [7, 11) is 0. The molecule has 0 bridgehead atoms. The van der Waals surface area contributed by atoms with E-state index in [2.05, 4.69) is 10.6 Å². The van der Waals surface area contributed by atoms with Crippen LogP contribution in [0.3, 0.4) is 0 Å². The second kappa shape index (κ2) is 6.56. The molecule has 0 saturated carbocycles. The fourth-order valence-corrected chi connectivity index (χ4v) is 1.00. The van der Waals surface area contributed by atoms with Gasteiger partial charge in [0.1, 0.15) is 5.41 Å². The van der Waals surface area contributed by atoms with Gasteiger partial charge in [0.2, 0.25) is 11.8 Å². The van der Waals surface area contributed by atoms with Crippen LogP contribution in [0.15, 0.2) is 0 Å². The molecule has 0 aromatic heterocycles. The molecule has 0 aliphatic carbocycles. The Balaban J connectivity index is 4.53. The van der Waals surface area contributed by atoms with Gasteiger partial charge in [0.05, 0.1) is 13.2 Å². The fourth-order valence-electron chi connectivity index (χ4n) is 1.00. The van der Waals surface area contributed by atoms with Gasteiger partial charge in [-0.25, -0.2) is 0 Å². The Morgan fingerprint density at radius 2 is 1.29 bits per heavy atom. The number of aliphatic hydroxyl groups excluding tert-OH is 2. The van der Waals surface area contributed by atoms with E-state index in [4.69, 9.17) is 10.2 Å². The highest BCUT2D eigenvalue weighted by molar-refractivity contribution is 6.04. The lowest BCUT2D eigenvalue weighted by Gasteiger charge is -2.26. The highest BCUT2D eigenvalue weighted by atomic mass is 16.3. The van der Waals surface area contributed by atoms with Crippen molar-refractivity contribution in [2.24, 2.45) is 5.41 Å². The lowest BCUT2D eigenvalue weighted by Crippen LogP contribution is -2.52. The molecule has 2 amide bonds. The van der Waals surface area contributed by atoms with Gasteiger partial charge in [-0.15, -0.1) is 0 Å². The van der Waals surface area contributed by atoms with Gasteiger partial charge in [-0.1, -0.05) is 0 Å². The van der Waals surface area contributed by atoms with Crippen LogP contribution in [0, 0.1) is 5.41 Å². The van der Waals surface area contributed by atoms with E-state index in [0.29, 0.717) is 0 Å². The Morgan fingerprint density at radius 1 is 1.00 bits per heavy atom. The molecule has 4 N–H and O–H groups in total. The zero-order valence-electron chi connectivity index (χ0n) is 10.8. The lowest BCUT2D eigenvalue weighted by atomic mass is 9.90. The first-order valence-electron chi connectivity index (χ1n) is 5.59. The summed E-state index contributed by atoms with van der Waals surface area (Å²) in [4.78, 5) is 23.6. The minimum atomic E-state index is -1.24. The molecule has 0 radical (unpaired) electrons. The van der Waals surface area contributed by atoms with E-state index in [-0.39, 0.29) is 13.2 Å². The molecule has 6 nitrogen and oxygen atoms in total. The molecule has 0 spiro atoms. The Labute approximate surface area is 101 Å². The zero-order chi connectivity index (χ0) is 13.6. The SMILES string of the molecule is C[C@H](CO)NC(=O)C(C)(C)C(=O)N[C@H](C)CO. The zero-order valence-corrected chi connectivity index (χ0v) is 10.8. The van der Waals surface area contributed by atoms with Crippen LogP contribution < -0.4 is 10.6 Å². The van der Waals surface area contributed by atoms with Gasteiger partial charge >= 0.3 is 0 Å². The molecule has 0 aromatic carbocycles. The quantitative estimate of drug-likeness (QED) is 0.452. The number of hydrogen-bond acceptors (Lipinski definition) is 4. The Morgan fingerprint density at radius 3 is 1.53 bits per heavy atom. The lowest BCUT2D eigenvalue weighted by molar-refractivity contribution is -0.142. The number of amides is 2. The Kier molecular flexibility index (Phi) is 6.12. The van der Waals surface area contributed by atoms with Crippen molar-refractivity contribution >= 4 is 11.8 Å². The first-order valence-corrected chi connectivity index (χ1v) is 5.59. The number of aliphatic hydroxyl groups is 2. The average Bonchev–Trinajstić information content (AvgIpc) is 2.28. The predicted octanol–water partition coefficient (Wildman–Crippen LogP) is -0.993. The van der Waals surface area contributed by atoms with Crippen molar-refractivity contribution in [1.82, 2.24) is 10.6 Å². The summed E-state index contributed by atoms with van der Waals surface area (Å²) in [6.45, 7) is 5.90. The molecule has 17 heavy (non-hydrogen) atoms. The summed E-state index contributed by atoms with van der Waals surface area (Å²) in [5.74, 6) is -0.914. The van der Waals surface area contributed by atoms with E-state index in [1.54, 1.807) is 13.8 Å². The summed E-state index contributed by atoms with van der Waals surface area (Å²) in [6, 6.07) is -0.797. The maximum absolute atomic E-state index is 11.8. The number of nitrogens with one attached hydrogen (secondary N) is 2. The highest BCUT2D eigenvalue weighted by Crippen LogP contribution is 2.16. The number of carbonyl (C=O) groups is 2. The van der Waals surface area contributed by atoms with Gasteiger partial charge in [0, 0.05) is 12.1 Å². The molecule has 0 aliphatic heterocycles. The van der Waals surface area contributed by atoms with Gasteiger partial charge in [0.25, 0.3) is 0 Å². The van der Waals surface area contributed by atoms with Crippen molar-refractivity contribution in [2.75, 3.05) is 13.2 Å². The molecule has 100 valence electrons. The van der Waals surface area contributed by atoms with Crippen molar-refractivity contribution < 1.29 is 19.8 Å². The molecule has 0 aromatic rings. The van der Waals surface area contributed by atoms with Crippen LogP contribution in [0.5, 0.6) is 0 Å². The largest absolute Gasteiger partial charge is 0.394 e. The standard InChI is InChI=1S/C11H22N2O4/c1-7(5-14)12-9(16)11(3,4)10(17)13-8(2)6-15/h7-8,14-15H,5-6H2,1-4H3,(H,12,16)(H,13,17)/t7-,8-/m1/s1. The maximum Gasteiger partial charge on any atom is 0.235 e. The molecule has 0 saturated heterocycles. The minimum Gasteiger partial charge on any atom is -0.394 e. The smallest absolute Gasteiger partial charge is 0.235 e. The van der Waals surface area contributed by atoms with Crippen molar-refractivity contribution in [2.45, 2.75) is 39.8 Å². The van der Waals surface area contributed by atoms with E-state index in [0.717, 1.165) is 0 Å². The normalized spacial score (nSPS) is 14.9. The summed E-state index contributed by atoms with van der Waals surface area (Å²) < 4.78 is 0. The second-order valence-corrected chi connectivity index (χ2v) is 4.74. The summed E-state index contributed by atoms with van der Waals surface area (Å²) in [5.41, 5.74) is -1.24. The Bertz CT molecular complexity index is 253. The van der Waals surface area contributed by atoms with Crippen LogP contribution >= 0.6 is 0 Å². The van der Waals surface area contributed by atoms with Gasteiger partial charge in [0.15, 0.2) is 0 Å². The molecular weight excluding hydrogens is 224 g/mol. The van der Waals surface area contributed by atoms with E-state index in [1.165, 1.54) is 13.8 Å². The molecule has 0 aliphatic rings. The molecule has 0 fully saturated rings. The van der Waals surface area contributed by atoms with Crippen LogP contribution in [-0.4, -0.2) is 47.3 Å². The highest BCUT2D eigenvalue weighted by Gasteiger charge is 2.36. The minimum absolute atomic E-state index is 0.184. The third-order valence-corrected chi connectivity index (χ3v) is 2.44. The molecular formula is C11H22N2O4. The molecule has 0 rings (SSSR count). The van der Waals surface area contributed by atoms with Crippen molar-refractivity contribution in [3.8, 4) is 0 Å². The van der Waals surface area contributed by atoms with Crippen LogP contribution in [0.25, 0.3) is 0 Å². The average molecular weight is 246 g/mol. The topological polar surface area (TPSA) is 98.7 Å². The van der Waals surface area contributed by atoms with E-state index >= 15 is 0 Å². The summed E-state index contributed by atoms with van der Waals surface area (Å²) >= 11 is 0.